The molecule has 1 heterocycles. The number of amides is 1. The number of carbonyl (C=O) groups is 1. The summed E-state index contributed by atoms with van der Waals surface area (Å²) < 4.78 is 65.1. The maximum absolute atomic E-state index is 12.8. The highest BCUT2D eigenvalue weighted by Gasteiger charge is 2.34. The molecular formula is C23H28F3N3O3S. The van der Waals surface area contributed by atoms with E-state index < -0.39 is 27.8 Å². The number of hydrogen-bond donors (Lipinski definition) is 1. The molecule has 1 fully saturated rings. The van der Waals surface area contributed by atoms with Gasteiger partial charge in [-0.1, -0.05) is 37.3 Å². The Labute approximate surface area is 192 Å². The van der Waals surface area contributed by atoms with Gasteiger partial charge in [0.25, 0.3) is 0 Å². The summed E-state index contributed by atoms with van der Waals surface area (Å²) in [5, 5.41) is 2.96. The number of nitrogens with zero attached hydrogens (tertiary/aromatic N) is 2. The van der Waals surface area contributed by atoms with Gasteiger partial charge < -0.3 is 5.32 Å². The van der Waals surface area contributed by atoms with Gasteiger partial charge in [0.15, 0.2) is 0 Å². The van der Waals surface area contributed by atoms with Gasteiger partial charge >= 0.3 is 6.18 Å². The van der Waals surface area contributed by atoms with Crippen LogP contribution in [0.4, 0.5) is 13.2 Å². The van der Waals surface area contributed by atoms with Crippen LogP contribution in [0.1, 0.15) is 30.9 Å². The molecule has 180 valence electrons. The topological polar surface area (TPSA) is 69.7 Å². The average molecular weight is 484 g/mol. The molecule has 1 aliphatic heterocycles. The first kappa shape index (κ1) is 25.2. The smallest absolute Gasteiger partial charge is 0.354 e. The van der Waals surface area contributed by atoms with Gasteiger partial charge in [-0.3, -0.25) is 9.69 Å². The molecule has 2 aromatic carbocycles. The lowest BCUT2D eigenvalue weighted by Gasteiger charge is -2.36. The summed E-state index contributed by atoms with van der Waals surface area (Å²) in [6.45, 7) is 5.32. The predicted octanol–water partition coefficient (Wildman–Crippen LogP) is 3.32. The molecule has 0 aliphatic carbocycles. The van der Waals surface area contributed by atoms with E-state index in [9.17, 15) is 26.4 Å². The SMILES string of the molecule is CC(CNC(=O)C(C)N1CCN(S(=O)(=O)c2ccc(C(F)(F)F)cc2)CC1)c1ccccc1. The van der Waals surface area contributed by atoms with Crippen LogP contribution in [0.15, 0.2) is 59.5 Å². The van der Waals surface area contributed by atoms with Crippen LogP contribution in [0.5, 0.6) is 0 Å². The van der Waals surface area contributed by atoms with E-state index in [0.29, 0.717) is 19.6 Å². The number of hydrogen-bond acceptors (Lipinski definition) is 4. The van der Waals surface area contributed by atoms with Gasteiger partial charge in [0, 0.05) is 32.7 Å². The van der Waals surface area contributed by atoms with Crippen LogP contribution in [0, 0.1) is 0 Å². The Morgan fingerprint density at radius 1 is 0.970 bits per heavy atom. The van der Waals surface area contributed by atoms with Crippen LogP contribution >= 0.6 is 0 Å². The van der Waals surface area contributed by atoms with Gasteiger partial charge in [-0.2, -0.15) is 17.5 Å². The maximum Gasteiger partial charge on any atom is 0.416 e. The fourth-order valence-electron chi connectivity index (χ4n) is 3.76. The van der Waals surface area contributed by atoms with E-state index in [1.54, 1.807) is 6.92 Å². The third-order valence-electron chi connectivity index (χ3n) is 5.97. The molecule has 2 atom stereocenters. The monoisotopic (exact) mass is 483 g/mol. The van der Waals surface area contributed by atoms with Crippen molar-refractivity contribution in [1.29, 1.82) is 0 Å². The van der Waals surface area contributed by atoms with Crippen molar-refractivity contribution in [2.45, 2.75) is 36.9 Å². The van der Waals surface area contributed by atoms with Crippen molar-refractivity contribution in [2.24, 2.45) is 0 Å². The molecule has 0 aromatic heterocycles. The highest BCUT2D eigenvalue weighted by molar-refractivity contribution is 7.89. The normalized spacial score (nSPS) is 18.0. The van der Waals surface area contributed by atoms with Gasteiger partial charge in [-0.15, -0.1) is 0 Å². The molecular weight excluding hydrogens is 455 g/mol. The van der Waals surface area contributed by atoms with Crippen LogP contribution < -0.4 is 5.32 Å². The third kappa shape index (κ3) is 6.13. The Morgan fingerprint density at radius 2 is 1.55 bits per heavy atom. The van der Waals surface area contributed by atoms with Crippen LogP contribution in [-0.2, 0) is 21.0 Å². The van der Waals surface area contributed by atoms with E-state index in [2.05, 4.69) is 5.32 Å². The highest BCUT2D eigenvalue weighted by Crippen LogP contribution is 2.30. The molecule has 1 amide bonds. The number of alkyl halides is 3. The minimum Gasteiger partial charge on any atom is -0.354 e. The number of halogens is 3. The first-order valence-corrected chi connectivity index (χ1v) is 12.2. The number of benzene rings is 2. The molecule has 1 saturated heterocycles. The van der Waals surface area contributed by atoms with Gasteiger partial charge in [0.05, 0.1) is 16.5 Å². The van der Waals surface area contributed by atoms with Gasteiger partial charge in [-0.25, -0.2) is 8.42 Å². The Hall–Kier alpha value is -2.43. The van der Waals surface area contributed by atoms with Gasteiger partial charge in [0.2, 0.25) is 15.9 Å². The molecule has 0 spiro atoms. The largest absolute Gasteiger partial charge is 0.416 e. The zero-order chi connectivity index (χ0) is 24.2. The number of nitrogens with one attached hydrogen (secondary N) is 1. The first-order valence-electron chi connectivity index (χ1n) is 10.7. The number of sulfonamides is 1. The lowest BCUT2D eigenvalue weighted by molar-refractivity contribution is -0.137. The standard InChI is InChI=1S/C23H28F3N3O3S/c1-17(19-6-4-3-5-7-19)16-27-22(30)18(2)28-12-14-29(15-13-28)33(31,32)21-10-8-20(9-11-21)23(24,25)26/h3-11,17-18H,12-16H2,1-2H3,(H,27,30). The van der Waals surface area contributed by atoms with Crippen LogP contribution in [-0.4, -0.2) is 62.3 Å². The summed E-state index contributed by atoms with van der Waals surface area (Å²) in [5.41, 5.74) is 0.236. The second-order valence-corrected chi connectivity index (χ2v) is 10.1. The second kappa shape index (κ2) is 10.2. The Kier molecular flexibility index (Phi) is 7.81. The molecule has 0 radical (unpaired) electrons. The highest BCUT2D eigenvalue weighted by atomic mass is 32.2. The molecule has 6 nitrogen and oxygen atoms in total. The minimum absolute atomic E-state index is 0.128. The molecule has 3 rings (SSSR count). The van der Waals surface area contributed by atoms with Gasteiger partial charge in [0.1, 0.15) is 0 Å². The summed E-state index contributed by atoms with van der Waals surface area (Å²) in [6.07, 6.45) is -4.52. The van der Waals surface area contributed by atoms with Crippen molar-refractivity contribution >= 4 is 15.9 Å². The number of piperazine rings is 1. The summed E-state index contributed by atoms with van der Waals surface area (Å²) in [5.74, 6) is 0.0323. The van der Waals surface area contributed by atoms with Crippen molar-refractivity contribution in [1.82, 2.24) is 14.5 Å². The van der Waals surface area contributed by atoms with Crippen molar-refractivity contribution in [3.05, 3.63) is 65.7 Å². The van der Waals surface area contributed by atoms with Crippen LogP contribution in [0.3, 0.4) is 0 Å². The number of carbonyl (C=O) groups excluding carboxylic acids is 1. The molecule has 2 aromatic rings. The zero-order valence-electron chi connectivity index (χ0n) is 18.5. The third-order valence-corrected chi connectivity index (χ3v) is 7.88. The Morgan fingerprint density at radius 3 is 2.09 bits per heavy atom. The molecule has 0 bridgehead atoms. The van der Waals surface area contributed by atoms with Crippen molar-refractivity contribution in [2.75, 3.05) is 32.7 Å². The van der Waals surface area contributed by atoms with Crippen LogP contribution in [0.25, 0.3) is 0 Å². The summed E-state index contributed by atoms with van der Waals surface area (Å²) in [4.78, 5) is 14.3. The minimum atomic E-state index is -4.52. The van der Waals surface area contributed by atoms with E-state index in [-0.39, 0.29) is 29.8 Å². The molecule has 33 heavy (non-hydrogen) atoms. The maximum atomic E-state index is 12.8. The zero-order valence-corrected chi connectivity index (χ0v) is 19.4. The summed E-state index contributed by atoms with van der Waals surface area (Å²) in [7, 11) is -3.91. The number of rotatable bonds is 7. The van der Waals surface area contributed by atoms with E-state index in [4.69, 9.17) is 0 Å². The Bertz CT molecular complexity index is 1040. The first-order chi connectivity index (χ1) is 15.5. The van der Waals surface area contributed by atoms with E-state index in [1.807, 2.05) is 42.2 Å². The van der Waals surface area contributed by atoms with Gasteiger partial charge in [-0.05, 0) is 42.7 Å². The lowest BCUT2D eigenvalue weighted by Crippen LogP contribution is -2.55. The average Bonchev–Trinajstić information content (AvgIpc) is 2.82. The van der Waals surface area contributed by atoms with Crippen LogP contribution in [0.2, 0.25) is 0 Å². The summed E-state index contributed by atoms with van der Waals surface area (Å²) >= 11 is 0. The molecule has 2 unspecified atom stereocenters. The lowest BCUT2D eigenvalue weighted by atomic mass is 10.0. The predicted molar refractivity (Wildman–Crippen MR) is 119 cm³/mol. The molecule has 1 N–H and O–H groups in total. The van der Waals surface area contributed by atoms with Crippen molar-refractivity contribution in [3.63, 3.8) is 0 Å². The molecule has 1 aliphatic rings. The van der Waals surface area contributed by atoms with Crippen molar-refractivity contribution in [3.8, 4) is 0 Å². The Balaban J connectivity index is 1.53. The van der Waals surface area contributed by atoms with E-state index in [1.165, 1.54) is 4.31 Å². The fourth-order valence-corrected chi connectivity index (χ4v) is 5.19. The fraction of sp³-hybridized carbons (Fsp3) is 0.435. The molecule has 10 heteroatoms. The van der Waals surface area contributed by atoms with E-state index in [0.717, 1.165) is 29.8 Å². The van der Waals surface area contributed by atoms with E-state index >= 15 is 0 Å². The quantitative estimate of drug-likeness (QED) is 0.656. The van der Waals surface area contributed by atoms with Crippen molar-refractivity contribution < 1.29 is 26.4 Å². The molecule has 0 saturated carbocycles. The summed E-state index contributed by atoms with van der Waals surface area (Å²) in [6, 6.07) is 12.9. The second-order valence-electron chi connectivity index (χ2n) is 8.20.